The van der Waals surface area contributed by atoms with E-state index in [1.54, 1.807) is 6.20 Å². The third-order valence-corrected chi connectivity index (χ3v) is 5.50. The summed E-state index contributed by atoms with van der Waals surface area (Å²) in [6.07, 6.45) is 2.61. The molecule has 6 heteroatoms. The standard InChI is InChI=1S/C20H31N5O/c1-12(2)16-9-14(15-10-22-25(13(3)4)18(15)23-16)19(26)24-8-7-17(21)20(5,6)11-24/h9-10,12-13,17H,7-8,11,21H2,1-6H3. The second-order valence-corrected chi connectivity index (χ2v) is 8.78. The fourth-order valence-electron chi connectivity index (χ4n) is 3.61. The highest BCUT2D eigenvalue weighted by molar-refractivity contribution is 6.05. The number of nitrogens with zero attached hydrogens (tertiary/aromatic N) is 4. The van der Waals surface area contributed by atoms with Crippen LogP contribution in [0, 0.1) is 5.41 Å². The van der Waals surface area contributed by atoms with Crippen LogP contribution in [0.25, 0.3) is 11.0 Å². The number of fused-ring (bicyclic) bond motifs is 1. The van der Waals surface area contributed by atoms with Gasteiger partial charge in [-0.1, -0.05) is 27.7 Å². The minimum Gasteiger partial charge on any atom is -0.338 e. The maximum absolute atomic E-state index is 13.4. The highest BCUT2D eigenvalue weighted by atomic mass is 16.2. The molecule has 0 aromatic carbocycles. The molecule has 6 nitrogen and oxygen atoms in total. The number of hydrogen-bond donors (Lipinski definition) is 1. The van der Waals surface area contributed by atoms with Gasteiger partial charge >= 0.3 is 0 Å². The first-order valence-corrected chi connectivity index (χ1v) is 9.55. The Kier molecular flexibility index (Phi) is 4.82. The minimum atomic E-state index is -0.0803. The molecule has 2 aromatic rings. The summed E-state index contributed by atoms with van der Waals surface area (Å²) in [5, 5.41) is 5.32. The lowest BCUT2D eigenvalue weighted by Gasteiger charge is -2.42. The van der Waals surface area contributed by atoms with Crippen molar-refractivity contribution in [3.63, 3.8) is 0 Å². The SMILES string of the molecule is CC(C)c1cc(C(=O)N2CCC(N)C(C)(C)C2)c2cnn(C(C)C)c2n1. The Morgan fingerprint density at radius 1 is 1.31 bits per heavy atom. The van der Waals surface area contributed by atoms with E-state index in [2.05, 4.69) is 46.6 Å². The molecule has 2 N–H and O–H groups in total. The van der Waals surface area contributed by atoms with E-state index >= 15 is 0 Å². The van der Waals surface area contributed by atoms with Gasteiger partial charge in [0.25, 0.3) is 5.91 Å². The molecule has 142 valence electrons. The number of aromatic nitrogens is 3. The van der Waals surface area contributed by atoms with E-state index in [1.807, 2.05) is 15.6 Å². The van der Waals surface area contributed by atoms with Gasteiger partial charge in [0.05, 0.1) is 17.1 Å². The lowest BCUT2D eigenvalue weighted by molar-refractivity contribution is 0.0534. The highest BCUT2D eigenvalue weighted by Gasteiger charge is 2.36. The van der Waals surface area contributed by atoms with E-state index < -0.39 is 0 Å². The number of carbonyl (C=O) groups excluding carboxylic acids is 1. The normalized spacial score (nSPS) is 20.3. The van der Waals surface area contributed by atoms with E-state index in [0.717, 1.165) is 23.1 Å². The Morgan fingerprint density at radius 2 is 2.00 bits per heavy atom. The second kappa shape index (κ2) is 6.65. The van der Waals surface area contributed by atoms with Gasteiger partial charge in [0.1, 0.15) is 0 Å². The molecule has 0 aliphatic carbocycles. The molecule has 2 aromatic heterocycles. The zero-order chi connectivity index (χ0) is 19.2. The van der Waals surface area contributed by atoms with Gasteiger partial charge in [-0.2, -0.15) is 5.10 Å². The molecular weight excluding hydrogens is 326 g/mol. The van der Waals surface area contributed by atoms with E-state index in [4.69, 9.17) is 10.7 Å². The van der Waals surface area contributed by atoms with Crippen molar-refractivity contribution < 1.29 is 4.79 Å². The zero-order valence-electron chi connectivity index (χ0n) is 16.8. The van der Waals surface area contributed by atoms with E-state index in [0.29, 0.717) is 18.7 Å². The summed E-state index contributed by atoms with van der Waals surface area (Å²) >= 11 is 0. The number of piperidine rings is 1. The van der Waals surface area contributed by atoms with Crippen LogP contribution < -0.4 is 5.73 Å². The highest BCUT2D eigenvalue weighted by Crippen LogP contribution is 2.31. The summed E-state index contributed by atoms with van der Waals surface area (Å²) in [4.78, 5) is 20.1. The smallest absolute Gasteiger partial charge is 0.254 e. The Labute approximate surface area is 155 Å². The van der Waals surface area contributed by atoms with Crippen LogP contribution >= 0.6 is 0 Å². The van der Waals surface area contributed by atoms with Crippen LogP contribution in [0.4, 0.5) is 0 Å². The molecule has 3 rings (SSSR count). The van der Waals surface area contributed by atoms with Gasteiger partial charge < -0.3 is 10.6 Å². The van der Waals surface area contributed by atoms with Crippen LogP contribution in [0.15, 0.2) is 12.3 Å². The van der Waals surface area contributed by atoms with Crippen molar-refractivity contribution in [3.05, 3.63) is 23.5 Å². The van der Waals surface area contributed by atoms with Crippen molar-refractivity contribution in [2.24, 2.45) is 11.1 Å². The van der Waals surface area contributed by atoms with E-state index in [-0.39, 0.29) is 29.3 Å². The Balaban J connectivity index is 2.07. The zero-order valence-corrected chi connectivity index (χ0v) is 16.8. The van der Waals surface area contributed by atoms with Crippen molar-refractivity contribution >= 4 is 16.9 Å². The molecule has 1 unspecified atom stereocenters. The lowest BCUT2D eigenvalue weighted by atomic mass is 9.79. The summed E-state index contributed by atoms with van der Waals surface area (Å²) in [6.45, 7) is 14.0. The summed E-state index contributed by atoms with van der Waals surface area (Å²) < 4.78 is 1.90. The van der Waals surface area contributed by atoms with Gasteiger partial charge in [0, 0.05) is 30.9 Å². The molecule has 0 saturated carbocycles. The fourth-order valence-corrected chi connectivity index (χ4v) is 3.61. The van der Waals surface area contributed by atoms with Crippen molar-refractivity contribution in [2.45, 2.75) is 66.0 Å². The topological polar surface area (TPSA) is 77.0 Å². The molecule has 1 aliphatic rings. The molecule has 0 bridgehead atoms. The van der Waals surface area contributed by atoms with Crippen molar-refractivity contribution in [2.75, 3.05) is 13.1 Å². The van der Waals surface area contributed by atoms with Gasteiger partial charge in [-0.3, -0.25) is 4.79 Å². The molecule has 0 radical (unpaired) electrons. The van der Waals surface area contributed by atoms with Gasteiger partial charge in [0.2, 0.25) is 0 Å². The number of nitrogens with two attached hydrogens (primary N) is 1. The molecule has 1 aliphatic heterocycles. The third kappa shape index (κ3) is 3.22. The van der Waals surface area contributed by atoms with Crippen molar-refractivity contribution in [1.29, 1.82) is 0 Å². The number of carbonyl (C=O) groups is 1. The minimum absolute atomic E-state index is 0.0579. The first kappa shape index (κ1) is 18.8. The Hall–Kier alpha value is -1.95. The molecular formula is C20H31N5O. The van der Waals surface area contributed by atoms with Gasteiger partial charge in [0.15, 0.2) is 5.65 Å². The van der Waals surface area contributed by atoms with Crippen molar-refractivity contribution in [3.8, 4) is 0 Å². The summed E-state index contributed by atoms with van der Waals surface area (Å²) in [7, 11) is 0. The molecule has 0 spiro atoms. The Morgan fingerprint density at radius 3 is 2.58 bits per heavy atom. The Bertz CT molecular complexity index is 821. The largest absolute Gasteiger partial charge is 0.338 e. The second-order valence-electron chi connectivity index (χ2n) is 8.78. The van der Waals surface area contributed by atoms with Crippen molar-refractivity contribution in [1.82, 2.24) is 19.7 Å². The quantitative estimate of drug-likeness (QED) is 0.914. The first-order chi connectivity index (χ1) is 12.1. The number of amides is 1. The monoisotopic (exact) mass is 357 g/mol. The number of hydrogen-bond acceptors (Lipinski definition) is 4. The molecule has 1 saturated heterocycles. The van der Waals surface area contributed by atoms with E-state index in [9.17, 15) is 4.79 Å². The summed E-state index contributed by atoms with van der Waals surface area (Å²) in [5.41, 5.74) is 8.59. The van der Waals surface area contributed by atoms with Crippen LogP contribution in [0.1, 0.15) is 76.0 Å². The number of rotatable bonds is 3. The van der Waals surface area contributed by atoms with Gasteiger partial charge in [-0.15, -0.1) is 0 Å². The van der Waals surface area contributed by atoms with Crippen LogP contribution in [-0.2, 0) is 0 Å². The van der Waals surface area contributed by atoms with Crippen LogP contribution in [0.3, 0.4) is 0 Å². The average molecular weight is 358 g/mol. The molecule has 1 atom stereocenters. The molecule has 1 amide bonds. The third-order valence-electron chi connectivity index (χ3n) is 5.50. The van der Waals surface area contributed by atoms with E-state index in [1.165, 1.54) is 0 Å². The van der Waals surface area contributed by atoms with Crippen LogP contribution in [0.5, 0.6) is 0 Å². The maximum Gasteiger partial charge on any atom is 0.254 e. The molecule has 26 heavy (non-hydrogen) atoms. The number of pyridine rings is 1. The predicted octanol–water partition coefficient (Wildman–Crippen LogP) is 3.34. The van der Waals surface area contributed by atoms with Gasteiger partial charge in [-0.25, -0.2) is 9.67 Å². The average Bonchev–Trinajstić information content (AvgIpc) is 2.99. The van der Waals surface area contributed by atoms with Crippen LogP contribution in [0.2, 0.25) is 0 Å². The lowest BCUT2D eigenvalue weighted by Crippen LogP contribution is -2.54. The summed E-state index contributed by atoms with van der Waals surface area (Å²) in [5.74, 6) is 0.301. The maximum atomic E-state index is 13.4. The molecule has 1 fully saturated rings. The van der Waals surface area contributed by atoms with Gasteiger partial charge in [-0.05, 0) is 37.7 Å². The number of likely N-dealkylation sites (tertiary alicyclic amines) is 1. The first-order valence-electron chi connectivity index (χ1n) is 9.55. The summed E-state index contributed by atoms with van der Waals surface area (Å²) in [6, 6.07) is 2.26. The fraction of sp³-hybridized carbons (Fsp3) is 0.650. The van der Waals surface area contributed by atoms with Crippen LogP contribution in [-0.4, -0.2) is 44.7 Å². The predicted molar refractivity (Wildman–Crippen MR) is 104 cm³/mol. The molecule has 3 heterocycles.